The summed E-state index contributed by atoms with van der Waals surface area (Å²) in [5, 5.41) is 12.3. The standard InChI is InChI=1S/C13H19N5O/c1-10(9-18-2-4-19-5-3-18)17-13-11(7-14)6-12(15)8-16-13/h6,8,10H,2-5,9,15H2,1H3,(H,16,17). The van der Waals surface area contributed by atoms with E-state index in [2.05, 4.69) is 28.2 Å². The van der Waals surface area contributed by atoms with E-state index in [4.69, 9.17) is 15.7 Å². The molecule has 0 amide bonds. The SMILES string of the molecule is CC(CN1CCOCC1)Nc1ncc(N)cc1C#N. The predicted octanol–water partition coefficient (Wildman–Crippen LogP) is 0.668. The minimum Gasteiger partial charge on any atom is -0.397 e. The maximum Gasteiger partial charge on any atom is 0.144 e. The Bertz CT molecular complexity index is 465. The summed E-state index contributed by atoms with van der Waals surface area (Å²) < 4.78 is 5.32. The van der Waals surface area contributed by atoms with Gasteiger partial charge in [0.1, 0.15) is 11.9 Å². The molecule has 6 heteroatoms. The highest BCUT2D eigenvalue weighted by Gasteiger charge is 2.15. The number of anilines is 2. The lowest BCUT2D eigenvalue weighted by Crippen LogP contribution is -2.42. The normalized spacial score (nSPS) is 17.7. The van der Waals surface area contributed by atoms with Gasteiger partial charge in [-0.25, -0.2) is 4.98 Å². The lowest BCUT2D eigenvalue weighted by molar-refractivity contribution is 0.0368. The molecule has 0 bridgehead atoms. The number of ether oxygens (including phenoxy) is 1. The molecule has 1 unspecified atom stereocenters. The minimum absolute atomic E-state index is 0.210. The summed E-state index contributed by atoms with van der Waals surface area (Å²) >= 11 is 0. The number of hydrogen-bond acceptors (Lipinski definition) is 6. The van der Waals surface area contributed by atoms with Gasteiger partial charge in [-0.05, 0) is 13.0 Å². The van der Waals surface area contributed by atoms with Gasteiger partial charge in [0.2, 0.25) is 0 Å². The molecule has 0 spiro atoms. The van der Waals surface area contributed by atoms with E-state index in [0.717, 1.165) is 32.8 Å². The number of nitriles is 1. The van der Waals surface area contributed by atoms with Crippen LogP contribution in [0.4, 0.5) is 11.5 Å². The maximum atomic E-state index is 9.06. The van der Waals surface area contributed by atoms with E-state index in [1.807, 2.05) is 0 Å². The van der Waals surface area contributed by atoms with Crippen LogP contribution in [0.3, 0.4) is 0 Å². The number of nitrogens with one attached hydrogen (secondary N) is 1. The monoisotopic (exact) mass is 261 g/mol. The van der Waals surface area contributed by atoms with E-state index < -0.39 is 0 Å². The Labute approximate surface area is 113 Å². The molecule has 1 aromatic heterocycles. The van der Waals surface area contributed by atoms with Crippen molar-refractivity contribution in [3.05, 3.63) is 17.8 Å². The zero-order chi connectivity index (χ0) is 13.7. The first-order valence-corrected chi connectivity index (χ1v) is 6.41. The minimum atomic E-state index is 0.210. The fourth-order valence-corrected chi connectivity index (χ4v) is 2.13. The van der Waals surface area contributed by atoms with Crippen molar-refractivity contribution in [3.8, 4) is 6.07 Å². The molecule has 0 aromatic carbocycles. The maximum absolute atomic E-state index is 9.06. The molecule has 3 N–H and O–H groups in total. The summed E-state index contributed by atoms with van der Waals surface area (Å²) in [7, 11) is 0. The second-order valence-electron chi connectivity index (χ2n) is 4.73. The zero-order valence-electron chi connectivity index (χ0n) is 11.1. The van der Waals surface area contributed by atoms with Gasteiger partial charge >= 0.3 is 0 Å². The molecular formula is C13H19N5O. The largest absolute Gasteiger partial charge is 0.397 e. The highest BCUT2D eigenvalue weighted by atomic mass is 16.5. The molecule has 1 aliphatic heterocycles. The van der Waals surface area contributed by atoms with Crippen molar-refractivity contribution in [2.24, 2.45) is 0 Å². The number of hydrogen-bond donors (Lipinski definition) is 2. The summed E-state index contributed by atoms with van der Waals surface area (Å²) in [6.07, 6.45) is 1.56. The number of rotatable bonds is 4. The van der Waals surface area contributed by atoms with Gasteiger partial charge in [-0.1, -0.05) is 0 Å². The van der Waals surface area contributed by atoms with Crippen LogP contribution in [0.15, 0.2) is 12.3 Å². The molecule has 19 heavy (non-hydrogen) atoms. The van der Waals surface area contributed by atoms with Gasteiger partial charge in [-0.15, -0.1) is 0 Å². The molecule has 1 aromatic rings. The second-order valence-corrected chi connectivity index (χ2v) is 4.73. The van der Waals surface area contributed by atoms with Crippen LogP contribution in [0, 0.1) is 11.3 Å². The molecule has 1 saturated heterocycles. The molecule has 1 aliphatic rings. The Balaban J connectivity index is 1.94. The van der Waals surface area contributed by atoms with Gasteiger partial charge in [0.15, 0.2) is 0 Å². The fourth-order valence-electron chi connectivity index (χ4n) is 2.13. The van der Waals surface area contributed by atoms with Crippen molar-refractivity contribution >= 4 is 11.5 Å². The Kier molecular flexibility index (Phi) is 4.55. The van der Waals surface area contributed by atoms with Gasteiger partial charge in [-0.2, -0.15) is 5.26 Å². The van der Waals surface area contributed by atoms with Crippen molar-refractivity contribution in [2.75, 3.05) is 43.9 Å². The average Bonchev–Trinajstić information content (AvgIpc) is 2.42. The first-order chi connectivity index (χ1) is 9.19. The summed E-state index contributed by atoms with van der Waals surface area (Å²) in [5.41, 5.74) is 6.60. The Morgan fingerprint density at radius 2 is 2.32 bits per heavy atom. The van der Waals surface area contributed by atoms with Gasteiger partial charge in [0, 0.05) is 25.7 Å². The van der Waals surface area contributed by atoms with E-state index in [0.29, 0.717) is 17.1 Å². The quantitative estimate of drug-likeness (QED) is 0.828. The zero-order valence-corrected chi connectivity index (χ0v) is 11.1. The van der Waals surface area contributed by atoms with Crippen molar-refractivity contribution in [3.63, 3.8) is 0 Å². The molecule has 0 saturated carbocycles. The van der Waals surface area contributed by atoms with Crippen LogP contribution in [0.25, 0.3) is 0 Å². The number of morpholine rings is 1. The number of aromatic nitrogens is 1. The van der Waals surface area contributed by atoms with Crippen molar-refractivity contribution in [1.29, 1.82) is 5.26 Å². The van der Waals surface area contributed by atoms with E-state index in [-0.39, 0.29) is 6.04 Å². The number of nitrogen functional groups attached to an aromatic ring is 1. The smallest absolute Gasteiger partial charge is 0.144 e. The predicted molar refractivity (Wildman–Crippen MR) is 73.7 cm³/mol. The van der Waals surface area contributed by atoms with Crippen LogP contribution >= 0.6 is 0 Å². The molecule has 1 atom stereocenters. The summed E-state index contributed by atoms with van der Waals surface area (Å²) in [6, 6.07) is 3.95. The molecule has 1 fully saturated rings. The lowest BCUT2D eigenvalue weighted by Gasteiger charge is -2.29. The third-order valence-corrected chi connectivity index (χ3v) is 3.05. The van der Waals surface area contributed by atoms with Gasteiger partial charge in [0.25, 0.3) is 0 Å². The molecule has 6 nitrogen and oxygen atoms in total. The van der Waals surface area contributed by atoms with E-state index in [1.165, 1.54) is 0 Å². The second kappa shape index (κ2) is 6.36. The number of nitrogens with zero attached hydrogens (tertiary/aromatic N) is 3. The molecule has 102 valence electrons. The first kappa shape index (κ1) is 13.6. The molecule has 0 radical (unpaired) electrons. The van der Waals surface area contributed by atoms with Crippen LogP contribution in [-0.4, -0.2) is 48.8 Å². The fraction of sp³-hybridized carbons (Fsp3) is 0.538. The molecule has 0 aliphatic carbocycles. The Hall–Kier alpha value is -1.84. The Morgan fingerprint density at radius 3 is 3.00 bits per heavy atom. The van der Waals surface area contributed by atoms with E-state index >= 15 is 0 Å². The highest BCUT2D eigenvalue weighted by Crippen LogP contribution is 2.15. The molecular weight excluding hydrogens is 242 g/mol. The van der Waals surface area contributed by atoms with Gasteiger partial charge in [-0.3, -0.25) is 4.90 Å². The van der Waals surface area contributed by atoms with Crippen LogP contribution in [0.5, 0.6) is 0 Å². The van der Waals surface area contributed by atoms with Crippen molar-refractivity contribution in [1.82, 2.24) is 9.88 Å². The van der Waals surface area contributed by atoms with Crippen molar-refractivity contribution < 1.29 is 4.74 Å². The van der Waals surface area contributed by atoms with Crippen LogP contribution < -0.4 is 11.1 Å². The lowest BCUT2D eigenvalue weighted by atomic mass is 10.2. The van der Waals surface area contributed by atoms with Gasteiger partial charge in [0.05, 0.1) is 30.7 Å². The highest BCUT2D eigenvalue weighted by molar-refractivity contribution is 5.57. The Morgan fingerprint density at radius 1 is 1.58 bits per heavy atom. The average molecular weight is 261 g/mol. The van der Waals surface area contributed by atoms with Crippen LogP contribution in [-0.2, 0) is 4.74 Å². The van der Waals surface area contributed by atoms with E-state index in [9.17, 15) is 0 Å². The molecule has 2 rings (SSSR count). The summed E-state index contributed by atoms with van der Waals surface area (Å²) in [6.45, 7) is 6.46. The number of pyridine rings is 1. The first-order valence-electron chi connectivity index (χ1n) is 6.41. The van der Waals surface area contributed by atoms with Crippen molar-refractivity contribution in [2.45, 2.75) is 13.0 Å². The van der Waals surface area contributed by atoms with Crippen LogP contribution in [0.2, 0.25) is 0 Å². The van der Waals surface area contributed by atoms with Crippen LogP contribution in [0.1, 0.15) is 12.5 Å². The van der Waals surface area contributed by atoms with E-state index in [1.54, 1.807) is 12.3 Å². The summed E-state index contributed by atoms with van der Waals surface area (Å²) in [5.74, 6) is 0.595. The summed E-state index contributed by atoms with van der Waals surface area (Å²) in [4.78, 5) is 6.52. The topological polar surface area (TPSA) is 87.2 Å². The third-order valence-electron chi connectivity index (χ3n) is 3.05. The molecule has 2 heterocycles. The third kappa shape index (κ3) is 3.81. The number of nitrogens with two attached hydrogens (primary N) is 1. The van der Waals surface area contributed by atoms with Gasteiger partial charge < -0.3 is 15.8 Å².